The number of hydrogen-bond acceptors (Lipinski definition) is 2. The molecule has 2 nitrogen and oxygen atoms in total. The van der Waals surface area contributed by atoms with Crippen molar-refractivity contribution in [2.24, 2.45) is 0 Å². The predicted molar refractivity (Wildman–Crippen MR) is 114 cm³/mol. The third-order valence-electron chi connectivity index (χ3n) is 4.82. The molecule has 0 saturated heterocycles. The average Bonchev–Trinajstić information content (AvgIpc) is 2.60. The lowest BCUT2D eigenvalue weighted by molar-refractivity contribution is 0.306. The molecule has 136 valence electrons. The molecule has 1 aliphatic carbocycles. The van der Waals surface area contributed by atoms with Gasteiger partial charge in [-0.2, -0.15) is 0 Å². The monoisotopic (exact) mass is 454 g/mol. The summed E-state index contributed by atoms with van der Waals surface area (Å²) in [7, 11) is 0. The fraction of sp³-hybridized carbons (Fsp3) is 0.429. The third-order valence-corrected chi connectivity index (χ3v) is 5.49. The van der Waals surface area contributed by atoms with Gasteiger partial charge in [-0.1, -0.05) is 32.1 Å². The zero-order valence-corrected chi connectivity index (χ0v) is 17.6. The van der Waals surface area contributed by atoms with E-state index in [2.05, 4.69) is 60.2 Å². The Balaban J connectivity index is 2.16. The SMILES string of the molecule is C=C(NCCN(CC)CC)C1=C(C)CCc2ccc(I)cc2C(F)=C1. The molecular weight excluding hydrogens is 426 g/mol. The molecule has 0 unspecified atom stereocenters. The van der Waals surface area contributed by atoms with Crippen LogP contribution in [0.5, 0.6) is 0 Å². The Labute approximate surface area is 165 Å². The highest BCUT2D eigenvalue weighted by Gasteiger charge is 2.15. The number of rotatable bonds is 7. The molecule has 0 aliphatic heterocycles. The van der Waals surface area contributed by atoms with Gasteiger partial charge in [0.25, 0.3) is 0 Å². The number of nitrogens with zero attached hydrogens (tertiary/aromatic N) is 1. The molecular formula is C21H28FIN2. The third kappa shape index (κ3) is 5.42. The summed E-state index contributed by atoms with van der Waals surface area (Å²) in [6.07, 6.45) is 3.43. The maximum Gasteiger partial charge on any atom is 0.131 e. The molecule has 0 saturated carbocycles. The summed E-state index contributed by atoms with van der Waals surface area (Å²) in [5.74, 6) is -0.172. The van der Waals surface area contributed by atoms with Gasteiger partial charge < -0.3 is 10.2 Å². The Bertz CT molecular complexity index is 687. The van der Waals surface area contributed by atoms with Gasteiger partial charge in [0, 0.05) is 27.9 Å². The molecule has 25 heavy (non-hydrogen) atoms. The van der Waals surface area contributed by atoms with Crippen LogP contribution in [-0.4, -0.2) is 31.1 Å². The van der Waals surface area contributed by atoms with Crippen molar-refractivity contribution in [1.82, 2.24) is 10.2 Å². The molecule has 0 aromatic heterocycles. The molecule has 1 aromatic carbocycles. The first-order valence-electron chi connectivity index (χ1n) is 8.97. The first-order valence-corrected chi connectivity index (χ1v) is 10.0. The fourth-order valence-corrected chi connectivity index (χ4v) is 3.61. The summed E-state index contributed by atoms with van der Waals surface area (Å²) in [4.78, 5) is 2.36. The lowest BCUT2D eigenvalue weighted by Gasteiger charge is -2.21. The lowest BCUT2D eigenvalue weighted by Crippen LogP contribution is -2.31. The summed E-state index contributed by atoms with van der Waals surface area (Å²) < 4.78 is 15.9. The highest BCUT2D eigenvalue weighted by Crippen LogP contribution is 2.31. The van der Waals surface area contributed by atoms with Crippen molar-refractivity contribution in [2.45, 2.75) is 33.6 Å². The molecule has 0 spiro atoms. The molecule has 1 aromatic rings. The molecule has 0 amide bonds. The van der Waals surface area contributed by atoms with Gasteiger partial charge in [-0.15, -0.1) is 0 Å². The molecule has 0 bridgehead atoms. The number of aryl methyl sites for hydroxylation is 1. The van der Waals surface area contributed by atoms with Gasteiger partial charge in [0.05, 0.1) is 0 Å². The lowest BCUT2D eigenvalue weighted by atomic mass is 9.92. The van der Waals surface area contributed by atoms with Crippen LogP contribution in [0, 0.1) is 3.57 Å². The molecule has 0 fully saturated rings. The van der Waals surface area contributed by atoms with Crippen molar-refractivity contribution >= 4 is 28.4 Å². The molecule has 0 atom stereocenters. The van der Waals surface area contributed by atoms with Crippen molar-refractivity contribution in [3.63, 3.8) is 0 Å². The number of allylic oxidation sites excluding steroid dienone is 2. The van der Waals surface area contributed by atoms with Crippen LogP contribution in [0.1, 0.15) is 38.3 Å². The molecule has 0 radical (unpaired) electrons. The van der Waals surface area contributed by atoms with Crippen molar-refractivity contribution < 1.29 is 4.39 Å². The smallest absolute Gasteiger partial charge is 0.131 e. The van der Waals surface area contributed by atoms with Crippen LogP contribution in [0.2, 0.25) is 0 Å². The summed E-state index contributed by atoms with van der Waals surface area (Å²) in [6, 6.07) is 6.01. The Morgan fingerprint density at radius 3 is 2.68 bits per heavy atom. The Hall–Kier alpha value is -1.14. The van der Waals surface area contributed by atoms with E-state index >= 15 is 0 Å². The van der Waals surface area contributed by atoms with E-state index in [1.165, 1.54) is 5.57 Å². The average molecular weight is 454 g/mol. The minimum absolute atomic E-state index is 0.172. The molecule has 0 heterocycles. The Morgan fingerprint density at radius 1 is 1.28 bits per heavy atom. The van der Waals surface area contributed by atoms with Crippen LogP contribution in [0.25, 0.3) is 5.83 Å². The van der Waals surface area contributed by atoms with E-state index in [1.54, 1.807) is 6.08 Å². The van der Waals surface area contributed by atoms with Gasteiger partial charge in [-0.25, -0.2) is 4.39 Å². The van der Waals surface area contributed by atoms with E-state index in [-0.39, 0.29) is 5.83 Å². The largest absolute Gasteiger partial charge is 0.384 e. The molecule has 4 heteroatoms. The Kier molecular flexibility index (Phi) is 7.69. The number of benzene rings is 1. The second kappa shape index (κ2) is 9.53. The predicted octanol–water partition coefficient (Wildman–Crippen LogP) is 5.31. The Morgan fingerprint density at radius 2 is 2.00 bits per heavy atom. The second-order valence-electron chi connectivity index (χ2n) is 6.42. The van der Waals surface area contributed by atoms with E-state index in [1.807, 2.05) is 18.2 Å². The molecule has 1 N–H and O–H groups in total. The van der Waals surface area contributed by atoms with E-state index in [9.17, 15) is 4.39 Å². The standard InChI is InChI=1S/C21H28FIN2/c1-5-25(6-2)12-11-24-16(4)19-14-21(22)20-13-18(23)10-9-17(20)8-7-15(19)3/h9-10,13-14,24H,4-8,11-12H2,1-3H3. The topological polar surface area (TPSA) is 15.3 Å². The quantitative estimate of drug-likeness (QED) is 0.562. The van der Waals surface area contributed by atoms with Crippen LogP contribution in [0.3, 0.4) is 0 Å². The number of halogens is 2. The summed E-state index contributed by atoms with van der Waals surface area (Å²) in [5.41, 5.74) is 4.69. The van der Waals surface area contributed by atoms with Crippen LogP contribution < -0.4 is 5.32 Å². The van der Waals surface area contributed by atoms with Gasteiger partial charge in [0.1, 0.15) is 5.83 Å². The maximum atomic E-state index is 14.9. The van der Waals surface area contributed by atoms with Gasteiger partial charge in [-0.05, 0) is 84.8 Å². The van der Waals surface area contributed by atoms with Crippen molar-refractivity contribution in [3.8, 4) is 0 Å². The van der Waals surface area contributed by atoms with E-state index in [4.69, 9.17) is 0 Å². The fourth-order valence-electron chi connectivity index (χ4n) is 3.12. The zero-order chi connectivity index (χ0) is 18.4. The van der Waals surface area contributed by atoms with Crippen LogP contribution in [-0.2, 0) is 6.42 Å². The minimum Gasteiger partial charge on any atom is -0.384 e. The molecule has 1 aliphatic rings. The first kappa shape index (κ1) is 20.2. The van der Waals surface area contributed by atoms with Crippen molar-refractivity contribution in [2.75, 3.05) is 26.2 Å². The van der Waals surface area contributed by atoms with Gasteiger partial charge >= 0.3 is 0 Å². The van der Waals surface area contributed by atoms with Crippen LogP contribution in [0.15, 0.2) is 47.7 Å². The zero-order valence-electron chi connectivity index (χ0n) is 15.5. The number of fused-ring (bicyclic) bond motifs is 1. The highest BCUT2D eigenvalue weighted by atomic mass is 127. The van der Waals surface area contributed by atoms with Gasteiger partial charge in [0.2, 0.25) is 0 Å². The number of likely N-dealkylation sites (N-methyl/N-ethyl adjacent to an activating group) is 1. The van der Waals surface area contributed by atoms with Crippen LogP contribution >= 0.6 is 22.6 Å². The normalized spacial score (nSPS) is 14.7. The van der Waals surface area contributed by atoms with E-state index < -0.39 is 0 Å². The van der Waals surface area contributed by atoms with Crippen molar-refractivity contribution in [3.05, 3.63) is 62.4 Å². The summed E-state index contributed by atoms with van der Waals surface area (Å²) in [6.45, 7) is 14.4. The minimum atomic E-state index is -0.172. The van der Waals surface area contributed by atoms with Crippen LogP contribution in [0.4, 0.5) is 4.39 Å². The van der Waals surface area contributed by atoms with E-state index in [0.29, 0.717) is 5.56 Å². The summed E-state index contributed by atoms with van der Waals surface area (Å²) in [5, 5.41) is 3.38. The molecule has 2 rings (SSSR count). The van der Waals surface area contributed by atoms with Crippen molar-refractivity contribution in [1.29, 1.82) is 0 Å². The highest BCUT2D eigenvalue weighted by molar-refractivity contribution is 14.1. The number of nitrogens with one attached hydrogen (secondary N) is 1. The number of hydrogen-bond donors (Lipinski definition) is 1. The maximum absolute atomic E-state index is 14.9. The first-order chi connectivity index (χ1) is 12.0. The summed E-state index contributed by atoms with van der Waals surface area (Å²) >= 11 is 2.23. The van der Waals surface area contributed by atoms with Gasteiger partial charge in [-0.3, -0.25) is 0 Å². The van der Waals surface area contributed by atoms with E-state index in [0.717, 1.165) is 59.4 Å². The second-order valence-corrected chi connectivity index (χ2v) is 7.67. The van der Waals surface area contributed by atoms with Gasteiger partial charge in [0.15, 0.2) is 0 Å².